The molecule has 47 heavy (non-hydrogen) atoms. The molecule has 0 unspecified atom stereocenters. The Bertz CT molecular complexity index is 2780. The predicted molar refractivity (Wildman–Crippen MR) is 200 cm³/mol. The average molecular weight is 597 g/mol. The normalized spacial score (nSPS) is 11.8. The van der Waals surface area contributed by atoms with Gasteiger partial charge < -0.3 is 4.42 Å². The van der Waals surface area contributed by atoms with Crippen LogP contribution in [0.1, 0.15) is 0 Å². The van der Waals surface area contributed by atoms with Gasteiger partial charge in [-0.05, 0) is 95.2 Å². The lowest BCUT2D eigenvalue weighted by Crippen LogP contribution is -1.91. The minimum Gasteiger partial charge on any atom is -0.455 e. The lowest BCUT2D eigenvalue weighted by molar-refractivity contribution is 0.670. The second-order valence-electron chi connectivity index (χ2n) is 12.4. The largest absolute Gasteiger partial charge is 0.455 e. The van der Waals surface area contributed by atoms with Gasteiger partial charge in [-0.3, -0.25) is 0 Å². The van der Waals surface area contributed by atoms with E-state index in [-0.39, 0.29) is 0 Å². The van der Waals surface area contributed by atoms with E-state index in [0.717, 1.165) is 33.1 Å². The van der Waals surface area contributed by atoms with Crippen molar-refractivity contribution in [2.45, 2.75) is 0 Å². The molecule has 1 heteroatoms. The smallest absolute Gasteiger partial charge is 0.143 e. The van der Waals surface area contributed by atoms with E-state index in [9.17, 15) is 0 Å². The molecule has 0 fully saturated rings. The molecule has 0 spiro atoms. The zero-order valence-electron chi connectivity index (χ0n) is 25.6. The van der Waals surface area contributed by atoms with Gasteiger partial charge in [0.05, 0.1) is 0 Å². The summed E-state index contributed by atoms with van der Waals surface area (Å²) in [4.78, 5) is 0. The maximum Gasteiger partial charge on any atom is 0.143 e. The Labute approximate surface area is 271 Å². The fourth-order valence-corrected chi connectivity index (χ4v) is 7.72. The van der Waals surface area contributed by atoms with E-state index in [1.54, 1.807) is 0 Å². The molecule has 1 nitrogen and oxygen atoms in total. The van der Waals surface area contributed by atoms with Crippen molar-refractivity contribution in [2.24, 2.45) is 0 Å². The highest BCUT2D eigenvalue weighted by Gasteiger charge is 2.20. The summed E-state index contributed by atoms with van der Waals surface area (Å²) in [7, 11) is 0. The van der Waals surface area contributed by atoms with Gasteiger partial charge >= 0.3 is 0 Å². The highest BCUT2D eigenvalue weighted by Crippen LogP contribution is 2.46. The Hall–Kier alpha value is -6.18. The van der Waals surface area contributed by atoms with Crippen molar-refractivity contribution in [1.29, 1.82) is 0 Å². The van der Waals surface area contributed by atoms with Crippen molar-refractivity contribution in [1.82, 2.24) is 0 Å². The van der Waals surface area contributed by atoms with Crippen LogP contribution in [0.5, 0.6) is 0 Å². The quantitative estimate of drug-likeness (QED) is 0.185. The molecule has 0 bridgehead atoms. The number of hydrogen-bond donors (Lipinski definition) is 0. The third kappa shape index (κ3) is 3.97. The van der Waals surface area contributed by atoms with Crippen LogP contribution in [0.3, 0.4) is 0 Å². The highest BCUT2D eigenvalue weighted by molar-refractivity contribution is 6.23. The lowest BCUT2D eigenvalue weighted by atomic mass is 9.85. The van der Waals surface area contributed by atoms with Crippen molar-refractivity contribution >= 4 is 65.0 Å². The molecule has 0 saturated carbocycles. The summed E-state index contributed by atoms with van der Waals surface area (Å²) in [5, 5.41) is 12.2. The molecule has 1 aromatic heterocycles. The molecule has 0 atom stereocenters. The number of fused-ring (bicyclic) bond motifs is 7. The first-order valence-corrected chi connectivity index (χ1v) is 16.2. The Morgan fingerprint density at radius 3 is 1.49 bits per heavy atom. The SMILES string of the molecule is c1ccc(-c2c3ccccc3cc3c2oc2ccc(-c4c5ccccc5c(-c5ccc6ccccc6c5)c5ccccc45)cc23)cc1. The Morgan fingerprint density at radius 1 is 0.277 bits per heavy atom. The summed E-state index contributed by atoms with van der Waals surface area (Å²) in [6, 6.07) is 61.5. The van der Waals surface area contributed by atoms with Crippen LogP contribution in [0, 0.1) is 0 Å². The molecule has 10 rings (SSSR count). The van der Waals surface area contributed by atoms with Crippen molar-refractivity contribution in [3.63, 3.8) is 0 Å². The second kappa shape index (κ2) is 10.2. The molecular formula is C46H28O. The van der Waals surface area contributed by atoms with Gasteiger partial charge in [-0.1, -0.05) is 146 Å². The molecule has 0 aliphatic heterocycles. The third-order valence-electron chi connectivity index (χ3n) is 9.80. The first kappa shape index (κ1) is 26.1. The molecule has 0 saturated heterocycles. The first-order valence-electron chi connectivity index (χ1n) is 16.2. The van der Waals surface area contributed by atoms with E-state index in [1.807, 2.05) is 0 Å². The van der Waals surface area contributed by atoms with E-state index in [4.69, 9.17) is 4.42 Å². The molecule has 10 aromatic rings. The van der Waals surface area contributed by atoms with Gasteiger partial charge in [-0.25, -0.2) is 0 Å². The predicted octanol–water partition coefficient (Wildman–Crippen LogP) is 13.2. The van der Waals surface area contributed by atoms with E-state index in [2.05, 4.69) is 170 Å². The topological polar surface area (TPSA) is 13.1 Å². The fourth-order valence-electron chi connectivity index (χ4n) is 7.72. The van der Waals surface area contributed by atoms with E-state index < -0.39 is 0 Å². The van der Waals surface area contributed by atoms with Crippen LogP contribution in [0.15, 0.2) is 174 Å². The monoisotopic (exact) mass is 596 g/mol. The van der Waals surface area contributed by atoms with Gasteiger partial charge in [0.2, 0.25) is 0 Å². The molecule has 218 valence electrons. The van der Waals surface area contributed by atoms with Crippen LogP contribution < -0.4 is 0 Å². The van der Waals surface area contributed by atoms with Crippen LogP contribution in [0.25, 0.3) is 98.4 Å². The minimum absolute atomic E-state index is 0.901. The summed E-state index contributed by atoms with van der Waals surface area (Å²) in [5.74, 6) is 0. The highest BCUT2D eigenvalue weighted by atomic mass is 16.3. The summed E-state index contributed by atoms with van der Waals surface area (Å²) in [6.45, 7) is 0. The Kier molecular flexibility index (Phi) is 5.64. The van der Waals surface area contributed by atoms with Gasteiger partial charge in [-0.2, -0.15) is 0 Å². The number of furan rings is 1. The first-order chi connectivity index (χ1) is 23.3. The van der Waals surface area contributed by atoms with Gasteiger partial charge in [-0.15, -0.1) is 0 Å². The molecule has 0 amide bonds. The standard InChI is InChI=1S/C46H28O/c1-2-13-30(14-3-1)45-35-17-7-6-16-32(35)27-41-40-28-34(24-25-42(40)47-46(41)45)44-38-20-10-8-18-36(38)43(37-19-9-11-21-39(37)44)33-23-22-29-12-4-5-15-31(29)26-33/h1-28H. The zero-order valence-corrected chi connectivity index (χ0v) is 25.6. The molecule has 1 heterocycles. The molecule has 0 aliphatic carbocycles. The summed E-state index contributed by atoms with van der Waals surface area (Å²) >= 11 is 0. The van der Waals surface area contributed by atoms with Crippen molar-refractivity contribution in [2.75, 3.05) is 0 Å². The number of hydrogen-bond acceptors (Lipinski definition) is 1. The maximum absolute atomic E-state index is 6.72. The number of benzene rings is 9. The minimum atomic E-state index is 0.901. The molecular weight excluding hydrogens is 569 g/mol. The van der Waals surface area contributed by atoms with Crippen LogP contribution in [0.2, 0.25) is 0 Å². The molecule has 0 radical (unpaired) electrons. The van der Waals surface area contributed by atoms with Crippen LogP contribution in [0.4, 0.5) is 0 Å². The van der Waals surface area contributed by atoms with Crippen LogP contribution in [-0.2, 0) is 0 Å². The molecule has 9 aromatic carbocycles. The van der Waals surface area contributed by atoms with Crippen LogP contribution in [-0.4, -0.2) is 0 Å². The third-order valence-corrected chi connectivity index (χ3v) is 9.80. The van der Waals surface area contributed by atoms with Crippen LogP contribution >= 0.6 is 0 Å². The summed E-state index contributed by atoms with van der Waals surface area (Å²) in [5.41, 5.74) is 9.09. The van der Waals surface area contributed by atoms with E-state index in [1.165, 1.54) is 65.3 Å². The summed E-state index contributed by atoms with van der Waals surface area (Å²) in [6.07, 6.45) is 0. The van der Waals surface area contributed by atoms with Gasteiger partial charge in [0.15, 0.2) is 0 Å². The molecule has 0 aliphatic rings. The maximum atomic E-state index is 6.72. The van der Waals surface area contributed by atoms with E-state index >= 15 is 0 Å². The van der Waals surface area contributed by atoms with Crippen molar-refractivity contribution in [3.8, 4) is 33.4 Å². The van der Waals surface area contributed by atoms with Crippen molar-refractivity contribution < 1.29 is 4.42 Å². The van der Waals surface area contributed by atoms with Crippen molar-refractivity contribution in [3.05, 3.63) is 170 Å². The number of rotatable bonds is 3. The van der Waals surface area contributed by atoms with Gasteiger partial charge in [0.1, 0.15) is 11.2 Å². The van der Waals surface area contributed by atoms with Gasteiger partial charge in [0.25, 0.3) is 0 Å². The van der Waals surface area contributed by atoms with E-state index in [0.29, 0.717) is 0 Å². The summed E-state index contributed by atoms with van der Waals surface area (Å²) < 4.78 is 6.72. The Morgan fingerprint density at radius 2 is 0.809 bits per heavy atom. The lowest BCUT2D eigenvalue weighted by Gasteiger charge is -2.18. The average Bonchev–Trinajstić information content (AvgIpc) is 3.50. The molecule has 0 N–H and O–H groups in total. The van der Waals surface area contributed by atoms with Gasteiger partial charge in [0, 0.05) is 16.3 Å². The fraction of sp³-hybridized carbons (Fsp3) is 0. The second-order valence-corrected chi connectivity index (χ2v) is 12.4. The zero-order chi connectivity index (χ0) is 30.9. The Balaban J connectivity index is 1.28.